The van der Waals surface area contributed by atoms with Crippen molar-refractivity contribution in [3.8, 4) is 0 Å². The van der Waals surface area contributed by atoms with Gasteiger partial charge in [0, 0.05) is 30.1 Å². The zero-order valence-electron chi connectivity index (χ0n) is 15.0. The molecule has 0 aromatic carbocycles. The van der Waals surface area contributed by atoms with Crippen LogP contribution < -0.4 is 5.32 Å². The first-order valence-electron chi connectivity index (χ1n) is 9.13. The maximum absolute atomic E-state index is 12.7. The van der Waals surface area contributed by atoms with Crippen molar-refractivity contribution in [1.29, 1.82) is 0 Å². The summed E-state index contributed by atoms with van der Waals surface area (Å²) in [5.41, 5.74) is -0.0417. The van der Waals surface area contributed by atoms with Gasteiger partial charge >= 0.3 is 6.03 Å². The summed E-state index contributed by atoms with van der Waals surface area (Å²) in [5.74, 6) is 0.128. The Hall–Kier alpha value is -1.26. The fourth-order valence-electron chi connectivity index (χ4n) is 4.20. The minimum atomic E-state index is -0.330. The first-order chi connectivity index (χ1) is 10.7. The van der Waals surface area contributed by atoms with Gasteiger partial charge in [-0.1, -0.05) is 33.1 Å². The molecule has 130 valence electrons. The molecule has 3 rings (SSSR count). The average molecular weight is 321 g/mol. The molecule has 3 amide bonds. The van der Waals surface area contributed by atoms with Gasteiger partial charge in [-0.05, 0) is 33.1 Å². The van der Waals surface area contributed by atoms with Crippen LogP contribution in [-0.2, 0) is 4.79 Å². The highest BCUT2D eigenvalue weighted by Gasteiger charge is 2.55. The van der Waals surface area contributed by atoms with Crippen LogP contribution in [-0.4, -0.2) is 52.5 Å². The van der Waals surface area contributed by atoms with Crippen molar-refractivity contribution in [2.75, 3.05) is 13.1 Å². The molecule has 1 saturated carbocycles. The van der Waals surface area contributed by atoms with Crippen LogP contribution in [0.1, 0.15) is 66.2 Å². The van der Waals surface area contributed by atoms with E-state index in [4.69, 9.17) is 0 Å². The molecule has 3 fully saturated rings. The Labute approximate surface area is 139 Å². The van der Waals surface area contributed by atoms with E-state index < -0.39 is 0 Å². The summed E-state index contributed by atoms with van der Waals surface area (Å²) in [7, 11) is 0. The van der Waals surface area contributed by atoms with Crippen molar-refractivity contribution < 1.29 is 9.59 Å². The molecule has 0 bridgehead atoms. The van der Waals surface area contributed by atoms with E-state index in [9.17, 15) is 9.59 Å². The molecule has 23 heavy (non-hydrogen) atoms. The summed E-state index contributed by atoms with van der Waals surface area (Å²) in [4.78, 5) is 29.1. The monoisotopic (exact) mass is 321 g/mol. The van der Waals surface area contributed by atoms with Gasteiger partial charge in [0.15, 0.2) is 0 Å². The molecule has 5 nitrogen and oxygen atoms in total. The van der Waals surface area contributed by atoms with E-state index in [2.05, 4.69) is 33.0 Å². The molecule has 3 aliphatic rings. The van der Waals surface area contributed by atoms with E-state index in [1.807, 2.05) is 9.80 Å². The third-order valence-corrected chi connectivity index (χ3v) is 6.68. The van der Waals surface area contributed by atoms with Gasteiger partial charge in [0.2, 0.25) is 5.91 Å². The Morgan fingerprint density at radius 1 is 1.09 bits per heavy atom. The Bertz CT molecular complexity index is 494. The summed E-state index contributed by atoms with van der Waals surface area (Å²) in [6.07, 6.45) is 6.74. The molecule has 0 aromatic heterocycles. The second-order valence-corrected chi connectivity index (χ2v) is 8.64. The maximum Gasteiger partial charge on any atom is 0.318 e. The molecular formula is C18H31N3O2. The van der Waals surface area contributed by atoms with Crippen molar-refractivity contribution in [3.63, 3.8) is 0 Å². The number of hydrogen-bond acceptors (Lipinski definition) is 2. The van der Waals surface area contributed by atoms with Crippen LogP contribution in [0.3, 0.4) is 0 Å². The first kappa shape index (κ1) is 16.6. The van der Waals surface area contributed by atoms with E-state index in [1.54, 1.807) is 0 Å². The Morgan fingerprint density at radius 2 is 1.74 bits per heavy atom. The highest BCUT2D eigenvalue weighted by molar-refractivity contribution is 5.89. The smallest absolute Gasteiger partial charge is 0.318 e. The largest absolute Gasteiger partial charge is 0.338 e. The lowest BCUT2D eigenvalue weighted by molar-refractivity contribution is -0.132. The summed E-state index contributed by atoms with van der Waals surface area (Å²) in [6, 6.07) is -0.0142. The Balaban J connectivity index is 1.57. The predicted octanol–water partition coefficient (Wildman–Crippen LogP) is 2.75. The lowest BCUT2D eigenvalue weighted by atomic mass is 9.65. The molecule has 2 heterocycles. The standard InChI is InChI=1S/C18H31N3O2/c1-17(2)12-21(18(17,3)4)16(23)19-14-10-11-20(15(14)22)13-8-6-5-7-9-13/h13-14H,5-12H2,1-4H3,(H,19,23). The van der Waals surface area contributed by atoms with E-state index in [1.165, 1.54) is 19.3 Å². The van der Waals surface area contributed by atoms with Crippen molar-refractivity contribution in [2.45, 2.75) is 83.8 Å². The summed E-state index contributed by atoms with van der Waals surface area (Å²) in [6.45, 7) is 10.1. The van der Waals surface area contributed by atoms with Crippen molar-refractivity contribution in [1.82, 2.24) is 15.1 Å². The molecule has 2 saturated heterocycles. The van der Waals surface area contributed by atoms with Crippen molar-refractivity contribution in [2.24, 2.45) is 5.41 Å². The fourth-order valence-corrected chi connectivity index (χ4v) is 4.20. The van der Waals surface area contributed by atoms with E-state index >= 15 is 0 Å². The maximum atomic E-state index is 12.7. The van der Waals surface area contributed by atoms with Gasteiger partial charge in [-0.2, -0.15) is 0 Å². The number of carbonyl (C=O) groups is 2. The zero-order valence-corrected chi connectivity index (χ0v) is 15.0. The van der Waals surface area contributed by atoms with Crippen LogP contribution in [0.4, 0.5) is 4.79 Å². The molecule has 1 unspecified atom stereocenters. The molecule has 0 spiro atoms. The highest BCUT2D eigenvalue weighted by Crippen LogP contribution is 2.46. The SMILES string of the molecule is CC1(C)CN(C(=O)NC2CCN(C3CCCCC3)C2=O)C1(C)C. The summed E-state index contributed by atoms with van der Waals surface area (Å²) in [5, 5.41) is 2.99. The van der Waals surface area contributed by atoms with Gasteiger partial charge < -0.3 is 15.1 Å². The van der Waals surface area contributed by atoms with Crippen LogP contribution >= 0.6 is 0 Å². The van der Waals surface area contributed by atoms with Crippen molar-refractivity contribution >= 4 is 11.9 Å². The van der Waals surface area contributed by atoms with Gasteiger partial charge in [-0.25, -0.2) is 4.79 Å². The second-order valence-electron chi connectivity index (χ2n) is 8.64. The normalized spacial score (nSPS) is 30.3. The lowest BCUT2D eigenvalue weighted by Crippen LogP contribution is -2.72. The Kier molecular flexibility index (Phi) is 4.09. The molecule has 0 aromatic rings. The van der Waals surface area contributed by atoms with Crippen molar-refractivity contribution in [3.05, 3.63) is 0 Å². The van der Waals surface area contributed by atoms with Gasteiger partial charge in [-0.15, -0.1) is 0 Å². The first-order valence-corrected chi connectivity index (χ1v) is 9.13. The molecule has 1 aliphatic carbocycles. The van der Waals surface area contributed by atoms with Gasteiger partial charge in [0.25, 0.3) is 0 Å². The van der Waals surface area contributed by atoms with Crippen LogP contribution in [0, 0.1) is 5.41 Å². The number of hydrogen-bond donors (Lipinski definition) is 1. The molecule has 1 atom stereocenters. The van der Waals surface area contributed by atoms with Crippen LogP contribution in [0.25, 0.3) is 0 Å². The molecule has 0 radical (unpaired) electrons. The second kappa shape index (κ2) is 5.67. The van der Waals surface area contributed by atoms with Gasteiger partial charge in [-0.3, -0.25) is 4.79 Å². The molecule has 2 aliphatic heterocycles. The zero-order chi connectivity index (χ0) is 16.8. The van der Waals surface area contributed by atoms with E-state index in [0.29, 0.717) is 6.04 Å². The Morgan fingerprint density at radius 3 is 2.30 bits per heavy atom. The quantitative estimate of drug-likeness (QED) is 0.850. The summed E-state index contributed by atoms with van der Waals surface area (Å²) < 4.78 is 0. The van der Waals surface area contributed by atoms with E-state index in [0.717, 1.165) is 32.4 Å². The number of amides is 3. The number of rotatable bonds is 2. The van der Waals surface area contributed by atoms with E-state index in [-0.39, 0.29) is 28.9 Å². The number of nitrogens with zero attached hydrogens (tertiary/aromatic N) is 2. The topological polar surface area (TPSA) is 52.7 Å². The number of nitrogens with one attached hydrogen (secondary N) is 1. The van der Waals surface area contributed by atoms with Gasteiger partial charge in [0.05, 0.1) is 0 Å². The van der Waals surface area contributed by atoms with Gasteiger partial charge in [0.1, 0.15) is 6.04 Å². The molecule has 5 heteroatoms. The average Bonchev–Trinajstić information content (AvgIpc) is 2.87. The predicted molar refractivity (Wildman–Crippen MR) is 90.1 cm³/mol. The number of carbonyl (C=O) groups excluding carboxylic acids is 2. The minimum absolute atomic E-state index is 0.0850. The van der Waals surface area contributed by atoms with Crippen LogP contribution in [0.2, 0.25) is 0 Å². The third-order valence-electron chi connectivity index (χ3n) is 6.68. The number of urea groups is 1. The molecular weight excluding hydrogens is 290 g/mol. The third kappa shape index (κ3) is 2.72. The highest BCUT2D eigenvalue weighted by atomic mass is 16.2. The van der Waals surface area contributed by atoms with Crippen LogP contribution in [0.15, 0.2) is 0 Å². The summed E-state index contributed by atoms with van der Waals surface area (Å²) >= 11 is 0. The fraction of sp³-hybridized carbons (Fsp3) is 0.889. The lowest BCUT2D eigenvalue weighted by Gasteiger charge is -2.61. The molecule has 1 N–H and O–H groups in total. The minimum Gasteiger partial charge on any atom is -0.338 e. The van der Waals surface area contributed by atoms with Crippen LogP contribution in [0.5, 0.6) is 0 Å². The number of likely N-dealkylation sites (tertiary alicyclic amines) is 2.